The highest BCUT2D eigenvalue weighted by Crippen LogP contribution is 2.09. The number of aliphatic hydroxyl groups is 2. The molecule has 0 aromatic carbocycles. The normalized spacial score (nSPS) is 18.8. The molecule has 50 valence electrons. The van der Waals surface area contributed by atoms with Crippen LogP contribution < -0.4 is 0 Å². The Morgan fingerprint density at radius 1 is 1.25 bits per heavy atom. The molecular weight excluding hydrogens is 144 g/mol. The molecule has 0 heterocycles. The highest BCUT2D eigenvalue weighted by Gasteiger charge is 2.15. The van der Waals surface area contributed by atoms with Gasteiger partial charge in [0.1, 0.15) is 6.10 Å². The summed E-state index contributed by atoms with van der Waals surface area (Å²) in [7, 11) is 0. The molecule has 8 heavy (non-hydrogen) atoms. The van der Waals surface area contributed by atoms with Crippen LogP contribution in [-0.4, -0.2) is 27.0 Å². The molecule has 2 nitrogen and oxygen atoms in total. The maximum absolute atomic E-state index is 8.80. The van der Waals surface area contributed by atoms with Crippen LogP contribution in [0.5, 0.6) is 0 Å². The lowest BCUT2D eigenvalue weighted by atomic mass is 10.3. The summed E-state index contributed by atoms with van der Waals surface area (Å²) in [5.74, 6) is 0. The van der Waals surface area contributed by atoms with Crippen LogP contribution >= 0.6 is 25.3 Å². The third-order valence-electron chi connectivity index (χ3n) is 0.800. The summed E-state index contributed by atoms with van der Waals surface area (Å²) < 4.78 is -0.463. The standard InChI is InChI=1S/C4H10O2S2/c1-2(5)3(6)4(7)8/h2-8H,1H3. The fourth-order valence-corrected chi connectivity index (χ4v) is 0.747. The van der Waals surface area contributed by atoms with Crippen molar-refractivity contribution < 1.29 is 10.2 Å². The molecule has 0 rings (SSSR count). The second kappa shape index (κ2) is 3.61. The number of hydrogen-bond donors (Lipinski definition) is 4. The van der Waals surface area contributed by atoms with Crippen molar-refractivity contribution in [2.45, 2.75) is 23.7 Å². The zero-order valence-electron chi connectivity index (χ0n) is 4.52. The summed E-state index contributed by atoms with van der Waals surface area (Å²) in [5, 5.41) is 17.4. The Morgan fingerprint density at radius 2 is 1.62 bits per heavy atom. The lowest BCUT2D eigenvalue weighted by molar-refractivity contribution is 0.0427. The smallest absolute Gasteiger partial charge is 0.100 e. The summed E-state index contributed by atoms with van der Waals surface area (Å²) >= 11 is 7.57. The second-order valence-corrected chi connectivity index (χ2v) is 3.16. The van der Waals surface area contributed by atoms with E-state index in [1.165, 1.54) is 6.92 Å². The Kier molecular flexibility index (Phi) is 3.89. The van der Waals surface area contributed by atoms with Gasteiger partial charge in [0.25, 0.3) is 0 Å². The van der Waals surface area contributed by atoms with Gasteiger partial charge in [-0.1, -0.05) is 0 Å². The summed E-state index contributed by atoms with van der Waals surface area (Å²) in [4.78, 5) is 0. The SMILES string of the molecule is CC(O)C(O)C(S)S. The average molecular weight is 154 g/mol. The van der Waals surface area contributed by atoms with E-state index in [0.717, 1.165) is 0 Å². The van der Waals surface area contributed by atoms with E-state index in [2.05, 4.69) is 25.3 Å². The predicted octanol–water partition coefficient (Wildman–Crippen LogP) is -0.0862. The summed E-state index contributed by atoms with van der Waals surface area (Å²) in [5.41, 5.74) is 0. The van der Waals surface area contributed by atoms with Gasteiger partial charge in [-0.2, -0.15) is 25.3 Å². The lowest BCUT2D eigenvalue weighted by Crippen LogP contribution is -2.28. The number of hydrogen-bond acceptors (Lipinski definition) is 4. The Labute approximate surface area is 59.7 Å². The first-order valence-electron chi connectivity index (χ1n) is 2.28. The van der Waals surface area contributed by atoms with Crippen molar-refractivity contribution in [3.63, 3.8) is 0 Å². The molecule has 4 heteroatoms. The van der Waals surface area contributed by atoms with E-state index in [9.17, 15) is 0 Å². The van der Waals surface area contributed by atoms with Crippen LogP contribution in [0.15, 0.2) is 0 Å². The van der Waals surface area contributed by atoms with Gasteiger partial charge in [-0.25, -0.2) is 0 Å². The van der Waals surface area contributed by atoms with Crippen molar-refractivity contribution in [3.05, 3.63) is 0 Å². The molecule has 0 bridgehead atoms. The molecule has 0 radical (unpaired) electrons. The van der Waals surface area contributed by atoms with Crippen LogP contribution in [0, 0.1) is 0 Å². The highest BCUT2D eigenvalue weighted by atomic mass is 32.2. The fourth-order valence-electron chi connectivity index (χ4n) is 0.249. The lowest BCUT2D eigenvalue weighted by Gasteiger charge is -2.14. The maximum Gasteiger partial charge on any atom is 0.100 e. The van der Waals surface area contributed by atoms with Gasteiger partial charge in [0.2, 0.25) is 0 Å². The molecule has 0 spiro atoms. The topological polar surface area (TPSA) is 40.5 Å². The molecule has 2 N–H and O–H groups in total. The van der Waals surface area contributed by atoms with Gasteiger partial charge in [-0.05, 0) is 6.92 Å². The van der Waals surface area contributed by atoms with Crippen molar-refractivity contribution >= 4 is 25.3 Å². The molecule has 0 aromatic rings. The fraction of sp³-hybridized carbons (Fsp3) is 1.00. The second-order valence-electron chi connectivity index (χ2n) is 1.64. The van der Waals surface area contributed by atoms with Crippen LogP contribution in [0.1, 0.15) is 6.92 Å². The third-order valence-corrected chi connectivity index (χ3v) is 1.41. The average Bonchev–Trinajstić information content (AvgIpc) is 1.64. The number of aliphatic hydroxyl groups excluding tert-OH is 2. The summed E-state index contributed by atoms with van der Waals surface area (Å²) in [6, 6.07) is 0. The van der Waals surface area contributed by atoms with Gasteiger partial charge in [-0.15, -0.1) is 0 Å². The number of thiol groups is 2. The monoisotopic (exact) mass is 154 g/mol. The first-order valence-corrected chi connectivity index (χ1v) is 3.31. The van der Waals surface area contributed by atoms with Gasteiger partial charge in [0, 0.05) is 0 Å². The first-order chi connectivity index (χ1) is 3.55. The minimum absolute atomic E-state index is 0.463. The minimum Gasteiger partial charge on any atom is -0.391 e. The highest BCUT2D eigenvalue weighted by molar-refractivity contribution is 7.99. The Morgan fingerprint density at radius 3 is 1.62 bits per heavy atom. The summed E-state index contributed by atoms with van der Waals surface area (Å²) in [6.45, 7) is 1.49. The van der Waals surface area contributed by atoms with Crippen LogP contribution in [0.4, 0.5) is 0 Å². The molecular formula is C4H10O2S2. The van der Waals surface area contributed by atoms with Crippen LogP contribution in [-0.2, 0) is 0 Å². The zero-order chi connectivity index (χ0) is 6.73. The molecule has 0 amide bonds. The largest absolute Gasteiger partial charge is 0.391 e. The molecule has 0 saturated carbocycles. The van der Waals surface area contributed by atoms with Gasteiger partial charge < -0.3 is 10.2 Å². The van der Waals surface area contributed by atoms with Crippen molar-refractivity contribution in [1.82, 2.24) is 0 Å². The Balaban J connectivity index is 3.46. The van der Waals surface area contributed by atoms with Gasteiger partial charge >= 0.3 is 0 Å². The molecule has 0 saturated heterocycles. The van der Waals surface area contributed by atoms with E-state index in [0.29, 0.717) is 0 Å². The first kappa shape index (κ1) is 8.62. The molecule has 0 aromatic heterocycles. The molecule has 0 aliphatic heterocycles. The molecule has 2 unspecified atom stereocenters. The van der Waals surface area contributed by atoms with Crippen LogP contribution in [0.25, 0.3) is 0 Å². The zero-order valence-corrected chi connectivity index (χ0v) is 6.31. The van der Waals surface area contributed by atoms with Crippen LogP contribution in [0.2, 0.25) is 0 Å². The third kappa shape index (κ3) is 2.81. The van der Waals surface area contributed by atoms with Crippen molar-refractivity contribution in [2.75, 3.05) is 0 Å². The number of rotatable bonds is 2. The van der Waals surface area contributed by atoms with E-state index >= 15 is 0 Å². The Hall–Kier alpha value is 0.620. The van der Waals surface area contributed by atoms with E-state index in [-0.39, 0.29) is 0 Å². The van der Waals surface area contributed by atoms with Crippen molar-refractivity contribution in [3.8, 4) is 0 Å². The van der Waals surface area contributed by atoms with E-state index in [1.54, 1.807) is 0 Å². The summed E-state index contributed by atoms with van der Waals surface area (Å²) in [6.07, 6.45) is -1.60. The molecule has 0 aliphatic carbocycles. The molecule has 2 atom stereocenters. The molecule has 0 fully saturated rings. The van der Waals surface area contributed by atoms with Crippen molar-refractivity contribution in [1.29, 1.82) is 0 Å². The van der Waals surface area contributed by atoms with Gasteiger partial charge in [-0.3, -0.25) is 0 Å². The van der Waals surface area contributed by atoms with Crippen molar-refractivity contribution in [2.24, 2.45) is 0 Å². The Bertz CT molecular complexity index is 57.1. The maximum atomic E-state index is 8.80. The van der Waals surface area contributed by atoms with E-state index in [4.69, 9.17) is 10.2 Å². The predicted molar refractivity (Wildman–Crippen MR) is 39.4 cm³/mol. The quantitative estimate of drug-likeness (QED) is 0.332. The van der Waals surface area contributed by atoms with Crippen LogP contribution in [0.3, 0.4) is 0 Å². The minimum atomic E-state index is -0.846. The van der Waals surface area contributed by atoms with E-state index in [1.807, 2.05) is 0 Å². The van der Waals surface area contributed by atoms with Gasteiger partial charge in [0.05, 0.1) is 10.7 Å². The van der Waals surface area contributed by atoms with Gasteiger partial charge in [0.15, 0.2) is 0 Å². The van der Waals surface area contributed by atoms with E-state index < -0.39 is 16.8 Å². The molecule has 0 aliphatic rings.